The average Bonchev–Trinajstić information content (AvgIpc) is 3.02. The van der Waals surface area contributed by atoms with E-state index in [0.29, 0.717) is 5.92 Å². The summed E-state index contributed by atoms with van der Waals surface area (Å²) in [5.41, 5.74) is 0. The Hall–Kier alpha value is -1.36. The van der Waals surface area contributed by atoms with E-state index in [0.717, 1.165) is 11.8 Å². The summed E-state index contributed by atoms with van der Waals surface area (Å²) in [6.45, 7) is 0. The van der Waals surface area contributed by atoms with E-state index in [4.69, 9.17) is 0 Å². The van der Waals surface area contributed by atoms with Gasteiger partial charge in [-0.2, -0.15) is 13.5 Å². The van der Waals surface area contributed by atoms with Crippen molar-refractivity contribution >= 4 is 16.2 Å². The summed E-state index contributed by atoms with van der Waals surface area (Å²) >= 11 is 0. The molecule has 2 aliphatic rings. The van der Waals surface area contributed by atoms with Gasteiger partial charge in [0.1, 0.15) is 0 Å². The lowest BCUT2D eigenvalue weighted by atomic mass is 9.90. The molecule has 5 heteroatoms. The van der Waals surface area contributed by atoms with Crippen molar-refractivity contribution in [1.29, 1.82) is 0 Å². The van der Waals surface area contributed by atoms with Crippen molar-refractivity contribution in [2.24, 2.45) is 22.9 Å². The number of hydrazone groups is 1. The van der Waals surface area contributed by atoms with E-state index < -0.39 is 10.0 Å². The van der Waals surface area contributed by atoms with Crippen LogP contribution in [0.2, 0.25) is 0 Å². The van der Waals surface area contributed by atoms with Gasteiger partial charge in [0.2, 0.25) is 0 Å². The van der Waals surface area contributed by atoms with Crippen LogP contribution in [0.15, 0.2) is 40.3 Å². The van der Waals surface area contributed by atoms with Crippen LogP contribution >= 0.6 is 0 Å². The smallest absolute Gasteiger partial charge is 0.200 e. The van der Waals surface area contributed by atoms with E-state index >= 15 is 0 Å². The molecule has 19 heavy (non-hydrogen) atoms. The monoisotopic (exact) mass is 278 g/mol. The molecular weight excluding hydrogens is 260 g/mol. The molecule has 1 aromatic rings. The maximum Gasteiger partial charge on any atom is 0.276 e. The lowest BCUT2D eigenvalue weighted by Crippen LogP contribution is -2.20. The first-order valence-electron chi connectivity index (χ1n) is 6.75. The van der Waals surface area contributed by atoms with Crippen molar-refractivity contribution in [1.82, 2.24) is 4.83 Å². The highest BCUT2D eigenvalue weighted by atomic mass is 32.2. The first-order valence-corrected chi connectivity index (χ1v) is 8.23. The van der Waals surface area contributed by atoms with Gasteiger partial charge in [0.05, 0.1) is 4.90 Å². The minimum atomic E-state index is -3.51. The molecule has 2 aliphatic carbocycles. The van der Waals surface area contributed by atoms with Crippen LogP contribution < -0.4 is 4.83 Å². The maximum absolute atomic E-state index is 11.9. The van der Waals surface area contributed by atoms with Crippen LogP contribution in [0.5, 0.6) is 0 Å². The number of nitrogens with one attached hydrogen (secondary N) is 1. The third-order valence-electron chi connectivity index (χ3n) is 4.29. The van der Waals surface area contributed by atoms with Crippen molar-refractivity contribution in [3.8, 4) is 0 Å². The van der Waals surface area contributed by atoms with Crippen LogP contribution in [0, 0.1) is 17.8 Å². The molecule has 4 nitrogen and oxygen atoms in total. The largest absolute Gasteiger partial charge is 0.276 e. The third-order valence-corrected chi connectivity index (χ3v) is 5.52. The number of hydrogen-bond acceptors (Lipinski definition) is 3. The zero-order chi connectivity index (χ0) is 13.3. The Labute approximate surface area is 114 Å². The second-order valence-electron chi connectivity index (χ2n) is 5.52. The van der Waals surface area contributed by atoms with Crippen LogP contribution in [0.3, 0.4) is 0 Å². The van der Waals surface area contributed by atoms with Gasteiger partial charge in [-0.05, 0) is 49.1 Å². The number of hydrogen-bond donors (Lipinski definition) is 1. The second kappa shape index (κ2) is 4.96. The van der Waals surface area contributed by atoms with Crippen LogP contribution in [-0.2, 0) is 10.0 Å². The standard InChI is InChI=1S/C14H18N2O2S/c17-19(18,14-4-2-1-3-5-14)16-15-10-13-9-11-6-7-12(13)8-11/h1-5,10-13,16H,6-9H2. The topological polar surface area (TPSA) is 58.5 Å². The average molecular weight is 278 g/mol. The molecule has 0 aromatic heterocycles. The number of benzene rings is 1. The minimum absolute atomic E-state index is 0.250. The molecule has 1 aromatic carbocycles. The molecule has 0 aliphatic heterocycles. The Morgan fingerprint density at radius 1 is 1.16 bits per heavy atom. The van der Waals surface area contributed by atoms with Crippen molar-refractivity contribution in [3.05, 3.63) is 30.3 Å². The van der Waals surface area contributed by atoms with Gasteiger partial charge in [-0.3, -0.25) is 0 Å². The van der Waals surface area contributed by atoms with Gasteiger partial charge in [-0.1, -0.05) is 24.6 Å². The second-order valence-corrected chi connectivity index (χ2v) is 7.19. The van der Waals surface area contributed by atoms with Gasteiger partial charge >= 0.3 is 0 Å². The fourth-order valence-corrected chi connectivity index (χ4v) is 4.14. The Morgan fingerprint density at radius 2 is 1.95 bits per heavy atom. The Kier molecular flexibility index (Phi) is 3.31. The van der Waals surface area contributed by atoms with Crippen molar-refractivity contribution in [2.75, 3.05) is 0 Å². The maximum atomic E-state index is 11.9. The van der Waals surface area contributed by atoms with E-state index in [1.807, 2.05) is 0 Å². The molecule has 2 bridgehead atoms. The minimum Gasteiger partial charge on any atom is -0.200 e. The zero-order valence-electron chi connectivity index (χ0n) is 10.7. The molecule has 0 spiro atoms. The summed E-state index contributed by atoms with van der Waals surface area (Å²) in [4.78, 5) is 2.55. The summed E-state index contributed by atoms with van der Waals surface area (Å²) in [5.74, 6) is 2.01. The van der Waals surface area contributed by atoms with Crippen molar-refractivity contribution in [2.45, 2.75) is 30.6 Å². The summed E-state index contributed by atoms with van der Waals surface area (Å²) in [7, 11) is -3.51. The molecule has 0 amide bonds. The predicted octanol–water partition coefficient (Wildman–Crippen LogP) is 2.39. The molecule has 3 atom stereocenters. The Bertz CT molecular complexity index is 568. The molecule has 1 N–H and O–H groups in total. The van der Waals surface area contributed by atoms with E-state index in [2.05, 4.69) is 9.93 Å². The Balaban J connectivity index is 1.63. The normalized spacial score (nSPS) is 30.0. The first-order chi connectivity index (χ1) is 9.15. The summed E-state index contributed by atoms with van der Waals surface area (Å²) < 4.78 is 23.9. The van der Waals surface area contributed by atoms with E-state index in [9.17, 15) is 8.42 Å². The summed E-state index contributed by atoms with van der Waals surface area (Å²) in [5, 5.41) is 3.96. The van der Waals surface area contributed by atoms with Crippen molar-refractivity contribution < 1.29 is 8.42 Å². The van der Waals surface area contributed by atoms with Gasteiger partial charge in [0, 0.05) is 6.21 Å². The molecule has 0 radical (unpaired) electrons. The molecule has 102 valence electrons. The van der Waals surface area contributed by atoms with Crippen LogP contribution in [0.1, 0.15) is 25.7 Å². The summed E-state index contributed by atoms with van der Waals surface area (Å²) in [6.07, 6.45) is 6.87. The van der Waals surface area contributed by atoms with E-state index in [1.54, 1.807) is 36.5 Å². The number of nitrogens with zero attached hydrogens (tertiary/aromatic N) is 1. The van der Waals surface area contributed by atoms with Crippen LogP contribution in [0.4, 0.5) is 0 Å². The highest BCUT2D eigenvalue weighted by Crippen LogP contribution is 2.47. The molecule has 0 heterocycles. The van der Waals surface area contributed by atoms with Gasteiger partial charge < -0.3 is 0 Å². The van der Waals surface area contributed by atoms with Gasteiger partial charge in [0.25, 0.3) is 10.0 Å². The SMILES string of the molecule is O=S(=O)(NN=CC1CC2CCC1C2)c1ccccc1. The number of fused-ring (bicyclic) bond motifs is 2. The first kappa shape index (κ1) is 12.7. The quantitative estimate of drug-likeness (QED) is 0.679. The lowest BCUT2D eigenvalue weighted by molar-refractivity contribution is 0.420. The van der Waals surface area contributed by atoms with Gasteiger partial charge in [0.15, 0.2) is 0 Å². The van der Waals surface area contributed by atoms with Crippen molar-refractivity contribution in [3.63, 3.8) is 0 Å². The van der Waals surface area contributed by atoms with E-state index in [-0.39, 0.29) is 4.90 Å². The molecular formula is C14H18N2O2S. The lowest BCUT2D eigenvalue weighted by Gasteiger charge is -2.16. The molecule has 3 rings (SSSR count). The highest BCUT2D eigenvalue weighted by Gasteiger charge is 2.38. The number of rotatable bonds is 4. The fourth-order valence-electron chi connectivity index (χ4n) is 3.32. The third kappa shape index (κ3) is 2.66. The fraction of sp³-hybridized carbons (Fsp3) is 0.500. The van der Waals surface area contributed by atoms with E-state index in [1.165, 1.54) is 25.7 Å². The van der Waals surface area contributed by atoms with Crippen LogP contribution in [0.25, 0.3) is 0 Å². The molecule has 2 saturated carbocycles. The number of sulfonamides is 1. The Morgan fingerprint density at radius 3 is 2.58 bits per heavy atom. The molecule has 3 unspecified atom stereocenters. The van der Waals surface area contributed by atoms with Gasteiger partial charge in [-0.25, -0.2) is 4.83 Å². The predicted molar refractivity (Wildman–Crippen MR) is 74.2 cm³/mol. The summed E-state index contributed by atoms with van der Waals surface area (Å²) in [6, 6.07) is 8.32. The molecule has 2 fully saturated rings. The van der Waals surface area contributed by atoms with Crippen LogP contribution in [-0.4, -0.2) is 14.6 Å². The zero-order valence-corrected chi connectivity index (χ0v) is 11.5. The van der Waals surface area contributed by atoms with Gasteiger partial charge in [-0.15, -0.1) is 0 Å². The highest BCUT2D eigenvalue weighted by molar-refractivity contribution is 7.89. The molecule has 0 saturated heterocycles.